The molecule has 2 aliphatic rings. The highest BCUT2D eigenvalue weighted by atomic mass is 35.5. The van der Waals surface area contributed by atoms with Crippen LogP contribution in [0.2, 0.25) is 0 Å². The van der Waals surface area contributed by atoms with E-state index in [4.69, 9.17) is 15.2 Å². The van der Waals surface area contributed by atoms with Crippen molar-refractivity contribution in [3.63, 3.8) is 0 Å². The van der Waals surface area contributed by atoms with Crippen molar-refractivity contribution in [2.24, 2.45) is 11.7 Å². The smallest absolute Gasteiger partial charge is 0.138 e. The predicted molar refractivity (Wildman–Crippen MR) is 126 cm³/mol. The first-order valence-corrected chi connectivity index (χ1v) is 10.8. The minimum Gasteiger partial charge on any atom is -0.492 e. The second kappa shape index (κ2) is 9.38. The van der Waals surface area contributed by atoms with Gasteiger partial charge in [0.05, 0.1) is 24.0 Å². The lowest BCUT2D eigenvalue weighted by Crippen LogP contribution is -2.53. The van der Waals surface area contributed by atoms with Gasteiger partial charge in [-0.1, -0.05) is 0 Å². The van der Waals surface area contributed by atoms with E-state index in [1.807, 2.05) is 0 Å². The van der Waals surface area contributed by atoms with Gasteiger partial charge in [0.1, 0.15) is 29.2 Å². The maximum absolute atomic E-state index is 14.7. The number of rotatable bonds is 6. The minimum absolute atomic E-state index is 0. The molecule has 1 saturated heterocycles. The van der Waals surface area contributed by atoms with Gasteiger partial charge in [-0.2, -0.15) is 0 Å². The molecule has 0 radical (unpaired) electrons. The van der Waals surface area contributed by atoms with Crippen molar-refractivity contribution in [2.45, 2.75) is 31.6 Å². The molecule has 5 rings (SSSR count). The van der Waals surface area contributed by atoms with Crippen molar-refractivity contribution in [1.82, 2.24) is 10.3 Å². The molecule has 0 amide bonds. The number of hydrogen-bond acceptors (Lipinski definition) is 6. The van der Waals surface area contributed by atoms with Crippen molar-refractivity contribution >= 4 is 34.7 Å². The van der Waals surface area contributed by atoms with Crippen LogP contribution in [0.25, 0.3) is 10.9 Å². The Morgan fingerprint density at radius 2 is 2.06 bits per heavy atom. The number of morpholine rings is 1. The van der Waals surface area contributed by atoms with Crippen molar-refractivity contribution in [1.29, 1.82) is 0 Å². The molecule has 0 bridgehead atoms. The van der Waals surface area contributed by atoms with Crippen molar-refractivity contribution in [3.05, 3.63) is 59.8 Å². The van der Waals surface area contributed by atoms with Crippen LogP contribution in [0.5, 0.6) is 5.75 Å². The molecule has 1 aliphatic carbocycles. The van der Waals surface area contributed by atoms with Crippen LogP contribution in [-0.2, 0) is 10.3 Å². The molecule has 0 spiro atoms. The summed E-state index contributed by atoms with van der Waals surface area (Å²) in [6.07, 6.45) is 3.50. The van der Waals surface area contributed by atoms with Gasteiger partial charge in [0.2, 0.25) is 0 Å². The van der Waals surface area contributed by atoms with Crippen LogP contribution < -0.4 is 21.1 Å². The highest BCUT2D eigenvalue weighted by molar-refractivity contribution is 5.92. The fourth-order valence-electron chi connectivity index (χ4n) is 4.06. The Hall–Kier alpha value is -2.52. The summed E-state index contributed by atoms with van der Waals surface area (Å²) in [5.41, 5.74) is 7.03. The quantitative estimate of drug-likeness (QED) is 0.483. The summed E-state index contributed by atoms with van der Waals surface area (Å²) in [4.78, 5) is 4.49. The van der Waals surface area contributed by atoms with E-state index in [9.17, 15) is 8.78 Å². The third kappa shape index (κ3) is 5.19. The molecule has 1 saturated carbocycles. The van der Waals surface area contributed by atoms with Crippen molar-refractivity contribution < 1.29 is 18.3 Å². The SMILES string of the molecule is CC1(c2cc(Nc3cc(F)cc4cc(OCC5CC5)cnc34)ccc2F)CNC[C@H](N)O1.Cl. The van der Waals surface area contributed by atoms with Gasteiger partial charge in [-0.25, -0.2) is 8.78 Å². The number of anilines is 2. The third-order valence-corrected chi connectivity index (χ3v) is 5.94. The number of nitrogens with two attached hydrogens (primary N) is 1. The number of halogens is 3. The molecule has 176 valence electrons. The van der Waals surface area contributed by atoms with E-state index in [2.05, 4.69) is 15.6 Å². The van der Waals surface area contributed by atoms with Crippen molar-refractivity contribution in [2.75, 3.05) is 25.0 Å². The fraction of sp³-hybridized carbons (Fsp3) is 0.375. The summed E-state index contributed by atoms with van der Waals surface area (Å²) < 4.78 is 40.7. The molecule has 1 unspecified atom stereocenters. The molecule has 33 heavy (non-hydrogen) atoms. The second-order valence-electron chi connectivity index (χ2n) is 8.79. The zero-order valence-electron chi connectivity index (χ0n) is 18.2. The second-order valence-corrected chi connectivity index (χ2v) is 8.79. The first-order chi connectivity index (χ1) is 15.4. The highest BCUT2D eigenvalue weighted by Gasteiger charge is 2.35. The molecule has 2 heterocycles. The lowest BCUT2D eigenvalue weighted by atomic mass is 9.93. The van der Waals surface area contributed by atoms with E-state index in [0.29, 0.717) is 59.2 Å². The molecule has 2 aromatic carbocycles. The lowest BCUT2D eigenvalue weighted by molar-refractivity contribution is -0.109. The number of fused-ring (bicyclic) bond motifs is 1. The van der Waals surface area contributed by atoms with Crippen LogP contribution in [-0.4, -0.2) is 30.9 Å². The Balaban J connectivity index is 0.00000259. The van der Waals surface area contributed by atoms with Gasteiger partial charge in [0.25, 0.3) is 0 Å². The van der Waals surface area contributed by atoms with Gasteiger partial charge in [0.15, 0.2) is 0 Å². The monoisotopic (exact) mass is 476 g/mol. The Labute approximate surface area is 197 Å². The van der Waals surface area contributed by atoms with E-state index in [1.165, 1.54) is 31.0 Å². The number of benzene rings is 2. The molecule has 9 heteroatoms. The lowest BCUT2D eigenvalue weighted by Gasteiger charge is -2.38. The standard InChI is InChI=1S/C24H26F2N4O2.ClH/c1-24(13-28-11-22(27)32-24)19-9-17(4-5-20(19)26)30-21-8-16(25)6-15-7-18(10-29-23(15)21)31-12-14-2-3-14;/h4-10,14,22,28,30H,2-3,11-13,27H2,1H3;1H/t22-,24?;/m1./s1. The normalized spacial score (nSPS) is 22.6. The topological polar surface area (TPSA) is 81.4 Å². The number of nitrogens with one attached hydrogen (secondary N) is 2. The fourth-order valence-corrected chi connectivity index (χ4v) is 4.06. The minimum atomic E-state index is -0.921. The Morgan fingerprint density at radius 3 is 2.82 bits per heavy atom. The number of hydrogen-bond donors (Lipinski definition) is 3. The Morgan fingerprint density at radius 1 is 1.24 bits per heavy atom. The molecule has 2 atom stereocenters. The molecule has 3 aromatic rings. The van der Waals surface area contributed by atoms with Crippen LogP contribution in [0.1, 0.15) is 25.3 Å². The molecule has 1 aliphatic heterocycles. The van der Waals surface area contributed by atoms with Gasteiger partial charge < -0.3 is 25.8 Å². The largest absolute Gasteiger partial charge is 0.492 e. The number of pyridine rings is 1. The van der Waals surface area contributed by atoms with E-state index in [-0.39, 0.29) is 12.4 Å². The van der Waals surface area contributed by atoms with E-state index in [1.54, 1.807) is 31.3 Å². The Kier molecular flexibility index (Phi) is 6.72. The van der Waals surface area contributed by atoms with E-state index < -0.39 is 23.5 Å². The molecule has 4 N–H and O–H groups in total. The number of ether oxygens (including phenoxy) is 2. The van der Waals surface area contributed by atoms with Gasteiger partial charge in [0, 0.05) is 29.7 Å². The summed E-state index contributed by atoms with van der Waals surface area (Å²) in [6, 6.07) is 9.22. The first kappa shape index (κ1) is 23.6. The van der Waals surface area contributed by atoms with Crippen LogP contribution in [0.15, 0.2) is 42.6 Å². The van der Waals surface area contributed by atoms with Gasteiger partial charge in [-0.05, 0) is 62.1 Å². The van der Waals surface area contributed by atoms with Gasteiger partial charge >= 0.3 is 0 Å². The number of aromatic nitrogens is 1. The zero-order valence-corrected chi connectivity index (χ0v) is 19.1. The number of nitrogens with zero attached hydrogens (tertiary/aromatic N) is 1. The predicted octanol–water partition coefficient (Wildman–Crippen LogP) is 4.59. The maximum atomic E-state index is 14.7. The zero-order chi connectivity index (χ0) is 22.3. The summed E-state index contributed by atoms with van der Waals surface area (Å²) >= 11 is 0. The van der Waals surface area contributed by atoms with Crippen molar-refractivity contribution in [3.8, 4) is 5.75 Å². The van der Waals surface area contributed by atoms with Gasteiger partial charge in [-0.3, -0.25) is 4.98 Å². The molecule has 6 nitrogen and oxygen atoms in total. The molecule has 1 aromatic heterocycles. The van der Waals surface area contributed by atoms with Crippen LogP contribution in [0, 0.1) is 17.6 Å². The summed E-state index contributed by atoms with van der Waals surface area (Å²) in [7, 11) is 0. The summed E-state index contributed by atoms with van der Waals surface area (Å²) in [5.74, 6) is 0.439. The molecular formula is C24H27ClF2N4O2. The van der Waals surface area contributed by atoms with Crippen LogP contribution in [0.4, 0.5) is 20.2 Å². The van der Waals surface area contributed by atoms with E-state index in [0.717, 1.165) is 0 Å². The average Bonchev–Trinajstić information content (AvgIpc) is 3.57. The molecule has 2 fully saturated rings. The highest BCUT2D eigenvalue weighted by Crippen LogP contribution is 2.35. The molecular weight excluding hydrogens is 450 g/mol. The summed E-state index contributed by atoms with van der Waals surface area (Å²) in [6.45, 7) is 3.38. The first-order valence-electron chi connectivity index (χ1n) is 10.8. The maximum Gasteiger partial charge on any atom is 0.138 e. The third-order valence-electron chi connectivity index (χ3n) is 5.94. The van der Waals surface area contributed by atoms with Crippen LogP contribution >= 0.6 is 12.4 Å². The Bertz CT molecular complexity index is 1160. The van der Waals surface area contributed by atoms with Crippen LogP contribution in [0.3, 0.4) is 0 Å². The van der Waals surface area contributed by atoms with Gasteiger partial charge in [-0.15, -0.1) is 12.4 Å². The average molecular weight is 477 g/mol. The summed E-state index contributed by atoms with van der Waals surface area (Å²) in [5, 5.41) is 6.98. The van der Waals surface area contributed by atoms with E-state index >= 15 is 0 Å².